The van der Waals surface area contributed by atoms with Crippen LogP contribution in [0.25, 0.3) is 11.0 Å². The average molecular weight is 563 g/mol. The van der Waals surface area contributed by atoms with Crippen molar-refractivity contribution >= 4 is 22.8 Å². The summed E-state index contributed by atoms with van der Waals surface area (Å²) < 4.78 is 17.3. The van der Waals surface area contributed by atoms with E-state index in [1.165, 1.54) is 11.0 Å². The molecule has 0 radical (unpaired) electrons. The number of carbonyl (C=O) groups is 2. The monoisotopic (exact) mass is 562 g/mol. The van der Waals surface area contributed by atoms with E-state index in [9.17, 15) is 24.6 Å². The van der Waals surface area contributed by atoms with Crippen LogP contribution < -0.4 is 15.7 Å². The first-order valence-electron chi connectivity index (χ1n) is 13.8. The quantitative estimate of drug-likeness (QED) is 0.253. The Bertz CT molecular complexity index is 1510. The molecule has 3 aromatic rings. The molecule has 5 rings (SSSR count). The van der Waals surface area contributed by atoms with Crippen molar-refractivity contribution in [2.45, 2.75) is 50.5 Å². The second kappa shape index (κ2) is 12.3. The first-order chi connectivity index (χ1) is 19.8. The summed E-state index contributed by atoms with van der Waals surface area (Å²) in [7, 11) is 0. The lowest BCUT2D eigenvalue weighted by molar-refractivity contribution is -0.118. The van der Waals surface area contributed by atoms with Gasteiger partial charge in [0.1, 0.15) is 29.1 Å². The van der Waals surface area contributed by atoms with Crippen LogP contribution in [0.15, 0.2) is 75.5 Å². The van der Waals surface area contributed by atoms with Crippen molar-refractivity contribution in [1.29, 1.82) is 0 Å². The number of nitrogens with zero attached hydrogens (tertiary/aromatic N) is 1. The van der Waals surface area contributed by atoms with Crippen molar-refractivity contribution in [3.63, 3.8) is 0 Å². The normalized spacial score (nSPS) is 21.1. The topological polar surface area (TPSA) is 139 Å². The number of aliphatic hydroxyl groups is 2. The van der Waals surface area contributed by atoms with Gasteiger partial charge in [0.2, 0.25) is 5.91 Å². The van der Waals surface area contributed by atoms with Gasteiger partial charge in [-0.3, -0.25) is 9.59 Å². The molecule has 3 N–H and O–H groups in total. The van der Waals surface area contributed by atoms with Crippen LogP contribution >= 0.6 is 0 Å². The molecule has 1 aliphatic heterocycles. The third kappa shape index (κ3) is 5.76. The number of hydrogen-bond acceptors (Lipinski definition) is 8. The zero-order valence-corrected chi connectivity index (χ0v) is 23.0. The van der Waals surface area contributed by atoms with E-state index >= 15 is 0 Å². The van der Waals surface area contributed by atoms with Crippen LogP contribution in [-0.4, -0.2) is 77.6 Å². The van der Waals surface area contributed by atoms with E-state index in [2.05, 4.69) is 5.32 Å². The zero-order chi connectivity index (χ0) is 29.1. The van der Waals surface area contributed by atoms with Crippen molar-refractivity contribution in [3.8, 4) is 5.75 Å². The van der Waals surface area contributed by atoms with E-state index in [0.29, 0.717) is 35.3 Å². The van der Waals surface area contributed by atoms with Crippen LogP contribution in [0.4, 0.5) is 0 Å². The van der Waals surface area contributed by atoms with Crippen molar-refractivity contribution in [3.05, 3.63) is 87.8 Å². The largest absolute Gasteiger partial charge is 0.486 e. The van der Waals surface area contributed by atoms with Crippen molar-refractivity contribution in [2.24, 2.45) is 0 Å². The minimum Gasteiger partial charge on any atom is -0.486 e. The molecular formula is C31H34N2O8. The van der Waals surface area contributed by atoms with Gasteiger partial charge in [-0.2, -0.15) is 0 Å². The summed E-state index contributed by atoms with van der Waals surface area (Å²) in [6.07, 6.45) is -0.0915. The fourth-order valence-electron chi connectivity index (χ4n) is 5.50. The Balaban J connectivity index is 1.56. The average Bonchev–Trinajstić information content (AvgIpc) is 3.36. The first-order valence-corrected chi connectivity index (χ1v) is 13.8. The van der Waals surface area contributed by atoms with E-state index in [1.807, 2.05) is 26.0 Å². The van der Waals surface area contributed by atoms with Gasteiger partial charge >= 0.3 is 5.63 Å². The van der Waals surface area contributed by atoms with Gasteiger partial charge in [-0.05, 0) is 44.5 Å². The summed E-state index contributed by atoms with van der Waals surface area (Å²) in [5, 5.41) is 24.2. The molecule has 216 valence electrons. The SMILES string of the molecule is CC(C)OCCCN(C(=O)c1cc2ccccc2oc1=O)C1C=C(C(=O)NCCO)C2c3ccccc3OC2C1O. The lowest BCUT2D eigenvalue weighted by atomic mass is 9.77. The van der Waals surface area contributed by atoms with Crippen LogP contribution in [0, 0.1) is 0 Å². The minimum atomic E-state index is -1.22. The van der Waals surface area contributed by atoms with Gasteiger partial charge in [-0.15, -0.1) is 0 Å². The Hall–Kier alpha value is -3.99. The summed E-state index contributed by atoms with van der Waals surface area (Å²) in [5.74, 6) is -1.12. The first kappa shape index (κ1) is 28.5. The molecule has 41 heavy (non-hydrogen) atoms. The third-order valence-corrected chi connectivity index (χ3v) is 7.36. The van der Waals surface area contributed by atoms with Gasteiger partial charge in [-0.25, -0.2) is 4.79 Å². The number of nitrogens with one attached hydrogen (secondary N) is 1. The highest BCUT2D eigenvalue weighted by Gasteiger charge is 2.50. The van der Waals surface area contributed by atoms with Gasteiger partial charge in [-0.1, -0.05) is 36.4 Å². The van der Waals surface area contributed by atoms with Crippen molar-refractivity contribution in [1.82, 2.24) is 10.2 Å². The molecule has 0 fully saturated rings. The number of carbonyl (C=O) groups excluding carboxylic acids is 2. The maximum atomic E-state index is 14.1. The standard InChI is InChI=1S/C31H34N2O8/c1-18(2)39-15-7-13-33(30(37)22-16-19-8-3-5-10-24(19)41-31(22)38)23-17-21(29(36)32-12-14-34)26-20-9-4-6-11-25(20)40-28(26)27(23)35/h3-6,8-11,16-18,23,26-28,34-35H,7,12-15H2,1-2H3,(H,32,36). The molecule has 0 spiro atoms. The van der Waals surface area contributed by atoms with Crippen molar-refractivity contribution < 1.29 is 33.7 Å². The number of ether oxygens (including phenoxy) is 2. The molecule has 10 nitrogen and oxygen atoms in total. The fraction of sp³-hybridized carbons (Fsp3) is 0.387. The fourth-order valence-corrected chi connectivity index (χ4v) is 5.50. The number of benzene rings is 2. The summed E-state index contributed by atoms with van der Waals surface area (Å²) in [6, 6.07) is 14.6. The van der Waals surface area contributed by atoms with Gasteiger partial charge in [0, 0.05) is 36.2 Å². The third-order valence-electron chi connectivity index (χ3n) is 7.36. The smallest absolute Gasteiger partial charge is 0.349 e. The maximum Gasteiger partial charge on any atom is 0.349 e. The molecule has 1 aliphatic carbocycles. The van der Waals surface area contributed by atoms with Gasteiger partial charge in [0.25, 0.3) is 5.91 Å². The molecule has 0 saturated carbocycles. The number of hydrogen-bond donors (Lipinski definition) is 3. The van der Waals surface area contributed by atoms with Crippen molar-refractivity contribution in [2.75, 3.05) is 26.3 Å². The highest BCUT2D eigenvalue weighted by molar-refractivity contribution is 5.98. The predicted molar refractivity (Wildman–Crippen MR) is 151 cm³/mol. The Morgan fingerprint density at radius 3 is 2.66 bits per heavy atom. The zero-order valence-electron chi connectivity index (χ0n) is 23.0. The predicted octanol–water partition coefficient (Wildman–Crippen LogP) is 2.37. The second-order valence-corrected chi connectivity index (χ2v) is 10.4. The number of fused-ring (bicyclic) bond motifs is 4. The molecule has 0 saturated heterocycles. The summed E-state index contributed by atoms with van der Waals surface area (Å²) >= 11 is 0. The number of para-hydroxylation sites is 2. The van der Waals surface area contributed by atoms with Gasteiger partial charge in [0.05, 0.1) is 24.7 Å². The summed E-state index contributed by atoms with van der Waals surface area (Å²) in [5.41, 5.74) is 0.434. The Labute approximate surface area is 237 Å². The molecule has 2 heterocycles. The number of amides is 2. The highest BCUT2D eigenvalue weighted by atomic mass is 16.5. The second-order valence-electron chi connectivity index (χ2n) is 10.4. The van der Waals surface area contributed by atoms with E-state index in [-0.39, 0.29) is 31.4 Å². The molecule has 2 amide bonds. The summed E-state index contributed by atoms with van der Waals surface area (Å²) in [6.45, 7) is 4.08. The molecule has 0 bridgehead atoms. The molecule has 2 aliphatic rings. The lowest BCUT2D eigenvalue weighted by Gasteiger charge is -2.40. The van der Waals surface area contributed by atoms with Crippen LogP contribution in [-0.2, 0) is 9.53 Å². The molecule has 1 aromatic heterocycles. The number of rotatable bonds is 10. The molecular weight excluding hydrogens is 528 g/mol. The molecule has 10 heteroatoms. The van der Waals surface area contributed by atoms with E-state index in [4.69, 9.17) is 13.9 Å². The maximum absolute atomic E-state index is 14.1. The van der Waals surface area contributed by atoms with Crippen LogP contribution in [0.5, 0.6) is 5.75 Å². The van der Waals surface area contributed by atoms with Crippen LogP contribution in [0.1, 0.15) is 42.1 Å². The van der Waals surface area contributed by atoms with E-state index in [1.54, 1.807) is 42.5 Å². The molecule has 2 aromatic carbocycles. The van der Waals surface area contributed by atoms with Crippen LogP contribution in [0.2, 0.25) is 0 Å². The minimum absolute atomic E-state index is 0.0141. The molecule has 4 unspecified atom stereocenters. The van der Waals surface area contributed by atoms with Crippen LogP contribution in [0.3, 0.4) is 0 Å². The molecule has 4 atom stereocenters. The van der Waals surface area contributed by atoms with Gasteiger partial charge < -0.3 is 34.3 Å². The highest BCUT2D eigenvalue weighted by Crippen LogP contribution is 2.47. The Morgan fingerprint density at radius 1 is 1.12 bits per heavy atom. The lowest BCUT2D eigenvalue weighted by Crippen LogP contribution is -2.56. The van der Waals surface area contributed by atoms with Gasteiger partial charge in [0.15, 0.2) is 0 Å². The van der Waals surface area contributed by atoms with E-state index < -0.39 is 41.6 Å². The number of aliphatic hydroxyl groups excluding tert-OH is 2. The van der Waals surface area contributed by atoms with E-state index in [0.717, 1.165) is 5.56 Å². The Kier molecular flexibility index (Phi) is 8.53. The summed E-state index contributed by atoms with van der Waals surface area (Å²) in [4.78, 5) is 41.7. The Morgan fingerprint density at radius 2 is 1.88 bits per heavy atom.